The molecular weight excluding hydrogens is 709 g/mol. The van der Waals surface area contributed by atoms with Gasteiger partial charge in [0.2, 0.25) is 0 Å². The van der Waals surface area contributed by atoms with Crippen molar-refractivity contribution in [2.75, 3.05) is 33.0 Å². The molecule has 8 nitrogen and oxygen atoms in total. The summed E-state index contributed by atoms with van der Waals surface area (Å²) in [4.78, 5) is 22.5. The van der Waals surface area contributed by atoms with Crippen LogP contribution in [0.15, 0.2) is 85.1 Å². The Morgan fingerprint density at radius 1 is 0.564 bits per heavy atom. The van der Waals surface area contributed by atoms with Gasteiger partial charge < -0.3 is 20.1 Å². The van der Waals surface area contributed by atoms with Gasteiger partial charge in [-0.15, -0.1) is 0 Å². The Morgan fingerprint density at radius 2 is 1.02 bits per heavy atom. The van der Waals surface area contributed by atoms with Crippen molar-refractivity contribution in [2.45, 2.75) is 168 Å². The van der Waals surface area contributed by atoms with Gasteiger partial charge in [-0.25, -0.2) is 4.57 Å². The Hall–Kier alpha value is -2.32. The third-order valence-electron chi connectivity index (χ3n) is 8.53. The average Bonchev–Trinajstić information content (AvgIpc) is 3.17. The van der Waals surface area contributed by atoms with Crippen LogP contribution >= 0.6 is 7.82 Å². The zero-order valence-electron chi connectivity index (χ0n) is 34.9. The minimum absolute atomic E-state index is 0.0922. The summed E-state index contributed by atoms with van der Waals surface area (Å²) in [6.45, 7) is 4.69. The maximum absolute atomic E-state index is 12.6. The van der Waals surface area contributed by atoms with E-state index in [2.05, 4.69) is 98.9 Å². The molecule has 0 aliphatic carbocycles. The molecule has 0 heterocycles. The number of carbonyl (C=O) groups is 1. The molecule has 0 amide bonds. The highest BCUT2D eigenvalue weighted by Crippen LogP contribution is 2.43. The van der Waals surface area contributed by atoms with Crippen LogP contribution in [0.25, 0.3) is 0 Å². The minimum Gasteiger partial charge on any atom is -0.457 e. The molecule has 316 valence electrons. The molecule has 0 spiro atoms. The summed E-state index contributed by atoms with van der Waals surface area (Å²) >= 11 is 0. The Bertz CT molecular complexity index is 1110. The number of nitrogens with two attached hydrogens (primary N) is 1. The van der Waals surface area contributed by atoms with Crippen LogP contribution in [0.1, 0.15) is 162 Å². The first-order chi connectivity index (χ1) is 26.9. The van der Waals surface area contributed by atoms with Crippen molar-refractivity contribution in [1.82, 2.24) is 0 Å². The van der Waals surface area contributed by atoms with E-state index in [9.17, 15) is 14.3 Å². The molecule has 9 heteroatoms. The molecule has 0 aliphatic heterocycles. The minimum atomic E-state index is -4.28. The van der Waals surface area contributed by atoms with Crippen LogP contribution in [-0.4, -0.2) is 49.9 Å². The molecule has 0 radical (unpaired) electrons. The average molecular weight is 790 g/mol. The van der Waals surface area contributed by atoms with Crippen molar-refractivity contribution in [3.8, 4) is 0 Å². The number of esters is 1. The van der Waals surface area contributed by atoms with Gasteiger partial charge in [-0.2, -0.15) is 0 Å². The second kappa shape index (κ2) is 42.8. The van der Waals surface area contributed by atoms with Gasteiger partial charge in [0.25, 0.3) is 0 Å². The number of phosphoric ester groups is 1. The van der Waals surface area contributed by atoms with Crippen LogP contribution in [0.3, 0.4) is 0 Å². The normalized spacial score (nSPS) is 14.3. The predicted molar refractivity (Wildman–Crippen MR) is 233 cm³/mol. The Balaban J connectivity index is 4.05. The fourth-order valence-corrected chi connectivity index (χ4v) is 6.18. The fourth-order valence-electron chi connectivity index (χ4n) is 5.41. The van der Waals surface area contributed by atoms with Crippen molar-refractivity contribution in [3.63, 3.8) is 0 Å². The van der Waals surface area contributed by atoms with E-state index in [-0.39, 0.29) is 32.3 Å². The predicted octanol–water partition coefficient (Wildman–Crippen LogP) is 12.9. The van der Waals surface area contributed by atoms with Crippen molar-refractivity contribution in [2.24, 2.45) is 5.73 Å². The summed E-state index contributed by atoms with van der Waals surface area (Å²) in [5.41, 5.74) is 5.36. The number of hydrogen-bond donors (Lipinski definition) is 2. The summed E-state index contributed by atoms with van der Waals surface area (Å²) in [7, 11) is -4.28. The number of phosphoric acid groups is 1. The largest absolute Gasteiger partial charge is 0.472 e. The molecule has 0 saturated heterocycles. The Morgan fingerprint density at radius 3 is 1.55 bits per heavy atom. The van der Waals surface area contributed by atoms with Gasteiger partial charge in [0.05, 0.1) is 19.8 Å². The van der Waals surface area contributed by atoms with Crippen LogP contribution in [0, 0.1) is 0 Å². The zero-order chi connectivity index (χ0) is 40.2. The summed E-state index contributed by atoms with van der Waals surface area (Å²) in [6, 6.07) is 0. The molecule has 0 aromatic carbocycles. The molecule has 2 atom stereocenters. The molecule has 3 N–H and O–H groups in total. The van der Waals surface area contributed by atoms with Crippen molar-refractivity contribution in [3.05, 3.63) is 85.1 Å². The standard InChI is InChI=1S/C46H80NO7P/c1-3-5-7-9-11-13-15-16-17-18-19-20-21-22-23-24-25-26-27-28-29-31-33-35-37-39-46(48)54-45(44-53-55(49,50)52-42-40-47)43-51-41-38-36-34-32-30-14-12-10-8-6-4-2/h5,7-8,10-11,13,16-17,19-20,22-23,25-26,45H,3-4,6,9,12,14-15,18,21,24,27-44,47H2,1-2H3,(H,49,50)/b7-5-,10-8-,13-11-,17-16-,20-19-,23-22-,26-25-. The third kappa shape index (κ3) is 42.7. The number of allylic oxidation sites excluding steroid dienone is 14. The lowest BCUT2D eigenvalue weighted by Gasteiger charge is -2.20. The van der Waals surface area contributed by atoms with Crippen LogP contribution in [0.5, 0.6) is 0 Å². The summed E-state index contributed by atoms with van der Waals surface area (Å²) in [5.74, 6) is -0.352. The highest BCUT2D eigenvalue weighted by Gasteiger charge is 2.25. The number of ether oxygens (including phenoxy) is 2. The van der Waals surface area contributed by atoms with Gasteiger partial charge in [-0.1, -0.05) is 157 Å². The van der Waals surface area contributed by atoms with E-state index in [0.717, 1.165) is 89.9 Å². The van der Waals surface area contributed by atoms with E-state index in [4.69, 9.17) is 24.3 Å². The molecule has 0 fully saturated rings. The quantitative estimate of drug-likeness (QED) is 0.0273. The van der Waals surface area contributed by atoms with Crippen molar-refractivity contribution >= 4 is 13.8 Å². The van der Waals surface area contributed by atoms with Crippen LogP contribution in [0.4, 0.5) is 0 Å². The first kappa shape index (κ1) is 52.7. The molecule has 0 rings (SSSR count). The first-order valence-electron chi connectivity index (χ1n) is 21.6. The molecule has 2 unspecified atom stereocenters. The lowest BCUT2D eigenvalue weighted by molar-refractivity contribution is -0.154. The van der Waals surface area contributed by atoms with Crippen LogP contribution in [-0.2, 0) is 27.9 Å². The Labute approximate surface area is 337 Å². The second-order valence-corrected chi connectivity index (χ2v) is 15.3. The number of rotatable bonds is 40. The summed E-state index contributed by atoms with van der Waals surface area (Å²) in [5, 5.41) is 0. The number of unbranched alkanes of at least 4 members (excludes halogenated alkanes) is 13. The molecule has 0 aromatic heterocycles. The smallest absolute Gasteiger partial charge is 0.457 e. The topological polar surface area (TPSA) is 117 Å². The highest BCUT2D eigenvalue weighted by atomic mass is 31.2. The lowest BCUT2D eigenvalue weighted by Crippen LogP contribution is -2.28. The third-order valence-corrected chi connectivity index (χ3v) is 9.51. The van der Waals surface area contributed by atoms with Gasteiger partial charge in [-0.3, -0.25) is 13.8 Å². The second-order valence-electron chi connectivity index (χ2n) is 13.8. The van der Waals surface area contributed by atoms with E-state index in [1.54, 1.807) is 0 Å². The highest BCUT2D eigenvalue weighted by molar-refractivity contribution is 7.47. The summed E-state index contributed by atoms with van der Waals surface area (Å²) < 4.78 is 33.3. The van der Waals surface area contributed by atoms with Gasteiger partial charge in [0, 0.05) is 19.6 Å². The van der Waals surface area contributed by atoms with E-state index >= 15 is 0 Å². The number of hydrogen-bond acceptors (Lipinski definition) is 7. The van der Waals surface area contributed by atoms with Gasteiger partial charge in [0.1, 0.15) is 6.10 Å². The number of carbonyl (C=O) groups excluding carboxylic acids is 1. The monoisotopic (exact) mass is 790 g/mol. The van der Waals surface area contributed by atoms with Gasteiger partial charge in [0.15, 0.2) is 0 Å². The van der Waals surface area contributed by atoms with Crippen LogP contribution in [0.2, 0.25) is 0 Å². The molecular formula is C46H80NO7P. The molecule has 0 aromatic rings. The molecule has 55 heavy (non-hydrogen) atoms. The van der Waals surface area contributed by atoms with E-state index < -0.39 is 13.9 Å². The van der Waals surface area contributed by atoms with Crippen molar-refractivity contribution in [1.29, 1.82) is 0 Å². The first-order valence-corrected chi connectivity index (χ1v) is 23.1. The van der Waals surface area contributed by atoms with Gasteiger partial charge >= 0.3 is 13.8 Å². The van der Waals surface area contributed by atoms with Gasteiger partial charge in [-0.05, 0) is 83.5 Å². The Kier molecular flexibility index (Phi) is 41.0. The van der Waals surface area contributed by atoms with Crippen LogP contribution < -0.4 is 5.73 Å². The lowest BCUT2D eigenvalue weighted by atomic mass is 10.1. The molecule has 0 saturated carbocycles. The zero-order valence-corrected chi connectivity index (χ0v) is 35.8. The van der Waals surface area contributed by atoms with E-state index in [1.165, 1.54) is 51.4 Å². The van der Waals surface area contributed by atoms with E-state index in [1.807, 2.05) is 0 Å². The maximum Gasteiger partial charge on any atom is 0.472 e. The van der Waals surface area contributed by atoms with E-state index in [0.29, 0.717) is 13.0 Å². The molecule has 0 bridgehead atoms. The maximum atomic E-state index is 12.6. The fraction of sp³-hybridized carbons (Fsp3) is 0.674. The SMILES string of the molecule is CC/C=C\C/C=C\C/C=C\C/C=C\C/C=C\C/C=C\CCCCCCCCC(=O)OC(COCCCCCCCC/C=C\CCC)COP(=O)(O)OCCN. The van der Waals surface area contributed by atoms with Crippen molar-refractivity contribution < 1.29 is 32.8 Å². The molecule has 0 aliphatic rings. The summed E-state index contributed by atoms with van der Waals surface area (Å²) in [6.07, 6.45) is 54.6.